The van der Waals surface area contributed by atoms with Crippen LogP contribution in [0.2, 0.25) is 0 Å². The van der Waals surface area contributed by atoms with E-state index in [0.717, 1.165) is 6.54 Å². The molecule has 1 amide bonds. The molecule has 0 heterocycles. The third kappa shape index (κ3) is 6.85. The topological polar surface area (TPSA) is 74.6 Å². The molecule has 0 atom stereocenters. The Labute approximate surface area is 164 Å². The number of hydrogen-bond donors (Lipinski definition) is 1. The van der Waals surface area contributed by atoms with E-state index >= 15 is 0 Å². The zero-order chi connectivity index (χ0) is 19.7. The number of halogens is 1. The molecule has 0 fully saturated rings. The van der Waals surface area contributed by atoms with Crippen LogP contribution < -0.4 is 14.8 Å². The Balaban J connectivity index is 2.61. The van der Waals surface area contributed by atoms with Crippen LogP contribution in [-0.2, 0) is 4.79 Å². The first-order chi connectivity index (χ1) is 12.3. The average molecular weight is 426 g/mol. The number of ether oxygens (including phenoxy) is 2. The zero-order valence-electron chi connectivity index (χ0n) is 16.1. The largest absolute Gasteiger partial charge is 0.490 e. The Morgan fingerprint density at radius 2 is 1.92 bits per heavy atom. The highest BCUT2D eigenvalue weighted by Gasteiger charge is 2.15. The lowest BCUT2D eigenvalue weighted by atomic mass is 10.2. The minimum absolute atomic E-state index is 0.117. The highest BCUT2D eigenvalue weighted by Crippen LogP contribution is 2.36. The quantitative estimate of drug-likeness (QED) is 0.621. The highest BCUT2D eigenvalue weighted by molar-refractivity contribution is 9.10. The second kappa shape index (κ2) is 11.0. The van der Waals surface area contributed by atoms with Gasteiger partial charge in [0, 0.05) is 31.2 Å². The Bertz CT molecular complexity index is 634. The fourth-order valence-corrected chi connectivity index (χ4v) is 3.22. The van der Waals surface area contributed by atoms with Gasteiger partial charge in [0.05, 0.1) is 22.7 Å². The average Bonchev–Trinajstić information content (AvgIpc) is 2.57. The van der Waals surface area contributed by atoms with E-state index in [1.807, 2.05) is 6.92 Å². The number of amides is 1. The molecule has 1 aromatic rings. The molecule has 0 unspecified atom stereocenters. The summed E-state index contributed by atoms with van der Waals surface area (Å²) in [6, 6.07) is 6.15. The summed E-state index contributed by atoms with van der Waals surface area (Å²) in [4.78, 5) is 14.4. The summed E-state index contributed by atoms with van der Waals surface area (Å²) in [6.45, 7) is 12.1. The monoisotopic (exact) mass is 425 g/mol. The molecule has 26 heavy (non-hydrogen) atoms. The fraction of sp³-hybridized carbons (Fsp3) is 0.579. The van der Waals surface area contributed by atoms with Crippen molar-refractivity contribution in [3.05, 3.63) is 22.2 Å². The summed E-state index contributed by atoms with van der Waals surface area (Å²) in [6.07, 6.45) is 0. The van der Waals surface area contributed by atoms with Gasteiger partial charge in [-0.1, -0.05) is 0 Å². The van der Waals surface area contributed by atoms with Crippen molar-refractivity contribution in [1.82, 2.24) is 10.2 Å². The van der Waals surface area contributed by atoms with Crippen molar-refractivity contribution in [3.8, 4) is 17.6 Å². The molecule has 0 aromatic heterocycles. The maximum absolute atomic E-state index is 12.1. The molecular formula is C19H28BrN3O3. The number of benzene rings is 1. The lowest BCUT2D eigenvalue weighted by Gasteiger charge is -2.30. The van der Waals surface area contributed by atoms with E-state index in [-0.39, 0.29) is 12.5 Å². The van der Waals surface area contributed by atoms with Gasteiger partial charge in [0.2, 0.25) is 0 Å². The number of rotatable bonds is 10. The third-order valence-electron chi connectivity index (χ3n) is 3.80. The number of carbonyl (C=O) groups excluding carboxylic acids is 1. The van der Waals surface area contributed by atoms with Gasteiger partial charge in [-0.3, -0.25) is 9.69 Å². The van der Waals surface area contributed by atoms with E-state index in [4.69, 9.17) is 14.7 Å². The van der Waals surface area contributed by atoms with Crippen molar-refractivity contribution < 1.29 is 14.3 Å². The van der Waals surface area contributed by atoms with Crippen molar-refractivity contribution in [3.63, 3.8) is 0 Å². The molecule has 0 aliphatic heterocycles. The number of nitriles is 1. The van der Waals surface area contributed by atoms with E-state index in [9.17, 15) is 4.79 Å². The Morgan fingerprint density at radius 1 is 1.27 bits per heavy atom. The van der Waals surface area contributed by atoms with E-state index in [1.54, 1.807) is 12.1 Å². The number of carbonyl (C=O) groups is 1. The summed E-state index contributed by atoms with van der Waals surface area (Å²) in [7, 11) is 0. The highest BCUT2D eigenvalue weighted by atomic mass is 79.9. The van der Waals surface area contributed by atoms with E-state index < -0.39 is 0 Å². The van der Waals surface area contributed by atoms with Crippen LogP contribution in [0.15, 0.2) is 16.6 Å². The van der Waals surface area contributed by atoms with Crippen molar-refractivity contribution in [1.29, 1.82) is 5.26 Å². The van der Waals surface area contributed by atoms with Gasteiger partial charge in [0.15, 0.2) is 18.1 Å². The van der Waals surface area contributed by atoms with Crippen molar-refractivity contribution in [2.24, 2.45) is 0 Å². The molecule has 0 saturated heterocycles. The van der Waals surface area contributed by atoms with Crippen LogP contribution in [0.5, 0.6) is 11.5 Å². The van der Waals surface area contributed by atoms with Gasteiger partial charge >= 0.3 is 0 Å². The van der Waals surface area contributed by atoms with Gasteiger partial charge in [0.25, 0.3) is 5.91 Å². The molecule has 0 bridgehead atoms. The predicted molar refractivity (Wildman–Crippen MR) is 106 cm³/mol. The summed E-state index contributed by atoms with van der Waals surface area (Å²) < 4.78 is 11.7. The molecule has 0 radical (unpaired) electrons. The molecule has 7 heteroatoms. The molecule has 0 saturated carbocycles. The molecule has 0 aliphatic carbocycles. The normalized spacial score (nSPS) is 10.9. The molecular weight excluding hydrogens is 398 g/mol. The molecule has 0 aliphatic rings. The van der Waals surface area contributed by atoms with Gasteiger partial charge in [-0.25, -0.2) is 0 Å². The molecule has 144 valence electrons. The van der Waals surface area contributed by atoms with Crippen molar-refractivity contribution >= 4 is 21.8 Å². The van der Waals surface area contributed by atoms with Crippen LogP contribution in [0.25, 0.3) is 0 Å². The lowest BCUT2D eigenvalue weighted by Crippen LogP contribution is -2.43. The Morgan fingerprint density at radius 3 is 2.46 bits per heavy atom. The number of hydrogen-bond acceptors (Lipinski definition) is 5. The first-order valence-electron chi connectivity index (χ1n) is 8.81. The second-order valence-electron chi connectivity index (χ2n) is 6.39. The summed E-state index contributed by atoms with van der Waals surface area (Å²) >= 11 is 3.37. The molecule has 1 rings (SSSR count). The third-order valence-corrected chi connectivity index (χ3v) is 4.39. The number of nitrogens with one attached hydrogen (secondary N) is 1. The number of nitrogens with zero attached hydrogens (tertiary/aromatic N) is 2. The van der Waals surface area contributed by atoms with E-state index in [0.29, 0.717) is 46.8 Å². The van der Waals surface area contributed by atoms with Crippen LogP contribution in [0, 0.1) is 11.3 Å². The van der Waals surface area contributed by atoms with Crippen molar-refractivity contribution in [2.45, 2.75) is 46.7 Å². The minimum Gasteiger partial charge on any atom is -0.490 e. The summed E-state index contributed by atoms with van der Waals surface area (Å²) in [5.41, 5.74) is 0.458. The van der Waals surface area contributed by atoms with E-state index in [2.05, 4.69) is 59.9 Å². The van der Waals surface area contributed by atoms with Crippen LogP contribution in [0.4, 0.5) is 0 Å². The Kier molecular flexibility index (Phi) is 9.46. The van der Waals surface area contributed by atoms with Crippen LogP contribution in [-0.4, -0.2) is 49.2 Å². The van der Waals surface area contributed by atoms with Crippen LogP contribution >= 0.6 is 15.9 Å². The molecule has 6 nitrogen and oxygen atoms in total. The van der Waals surface area contributed by atoms with Crippen LogP contribution in [0.3, 0.4) is 0 Å². The SMILES string of the molecule is CCOc1cc(C#N)cc(Br)c1OCC(=O)NCCN(C(C)C)C(C)C. The standard InChI is InChI=1S/C19H28BrN3O3/c1-6-25-17-10-15(11-21)9-16(20)19(17)26-12-18(24)22-7-8-23(13(2)3)14(4)5/h9-10,13-14H,6-8,12H2,1-5H3,(H,22,24). The maximum Gasteiger partial charge on any atom is 0.257 e. The first-order valence-corrected chi connectivity index (χ1v) is 9.61. The Hall–Kier alpha value is -1.78. The summed E-state index contributed by atoms with van der Waals surface area (Å²) in [5, 5.41) is 11.9. The van der Waals surface area contributed by atoms with E-state index in [1.165, 1.54) is 0 Å². The first kappa shape index (κ1) is 22.3. The molecule has 1 N–H and O–H groups in total. The van der Waals surface area contributed by atoms with Crippen molar-refractivity contribution in [2.75, 3.05) is 26.3 Å². The fourth-order valence-electron chi connectivity index (χ4n) is 2.66. The van der Waals surface area contributed by atoms with Gasteiger partial charge in [-0.15, -0.1) is 0 Å². The molecule has 0 spiro atoms. The molecule has 1 aromatic carbocycles. The van der Waals surface area contributed by atoms with Gasteiger partial charge in [-0.05, 0) is 56.6 Å². The lowest BCUT2D eigenvalue weighted by molar-refractivity contribution is -0.123. The summed E-state index contributed by atoms with van der Waals surface area (Å²) in [5.74, 6) is 0.667. The smallest absolute Gasteiger partial charge is 0.257 e. The second-order valence-corrected chi connectivity index (χ2v) is 7.25. The maximum atomic E-state index is 12.1. The van der Waals surface area contributed by atoms with Gasteiger partial charge < -0.3 is 14.8 Å². The van der Waals surface area contributed by atoms with Gasteiger partial charge in [-0.2, -0.15) is 5.26 Å². The minimum atomic E-state index is -0.198. The van der Waals surface area contributed by atoms with Gasteiger partial charge in [0.1, 0.15) is 0 Å². The predicted octanol–water partition coefficient (Wildman–Crippen LogP) is 3.33. The zero-order valence-corrected chi connectivity index (χ0v) is 17.7. The van der Waals surface area contributed by atoms with Crippen LogP contribution in [0.1, 0.15) is 40.2 Å².